The molecule has 0 saturated carbocycles. The van der Waals surface area contributed by atoms with E-state index < -0.39 is 23.4 Å². The second-order valence-electron chi connectivity index (χ2n) is 10.6. The molecule has 12 heteroatoms. The normalized spacial score (nSPS) is 13.0. The summed E-state index contributed by atoms with van der Waals surface area (Å²) in [7, 11) is 4.47. The molecule has 0 saturated heterocycles. The molecule has 4 aromatic rings. The monoisotopic (exact) mass is 575 g/mol. The molecule has 0 unspecified atom stereocenters. The summed E-state index contributed by atoms with van der Waals surface area (Å²) in [6.07, 6.45) is 0. The van der Waals surface area contributed by atoms with Gasteiger partial charge in [-0.15, -0.1) is 5.10 Å². The van der Waals surface area contributed by atoms with E-state index in [-0.39, 0.29) is 13.3 Å². The highest BCUT2D eigenvalue weighted by Gasteiger charge is 2.37. The third-order valence-corrected chi connectivity index (χ3v) is 6.62. The quantitative estimate of drug-likeness (QED) is 0.316. The van der Waals surface area contributed by atoms with Gasteiger partial charge < -0.3 is 29.0 Å². The van der Waals surface area contributed by atoms with E-state index in [2.05, 4.69) is 15.6 Å². The Labute approximate surface area is 243 Å². The largest absolute Gasteiger partial charge is 0.493 e. The van der Waals surface area contributed by atoms with Gasteiger partial charge in [-0.05, 0) is 62.7 Å². The number of aromatic nitrogens is 3. The SMILES string of the molecule is COc1cc([C@@H](C(=O)NC(C)(C)C)N(C(=O)Cn2nnc3ccccc32)c2ccc3c(c2)OCO3)cc(OC)c1OC. The first-order valence-electron chi connectivity index (χ1n) is 13.3. The topological polar surface area (TPSA) is 126 Å². The minimum absolute atomic E-state index is 0.0541. The van der Waals surface area contributed by atoms with Gasteiger partial charge in [0.15, 0.2) is 23.0 Å². The molecule has 1 N–H and O–H groups in total. The van der Waals surface area contributed by atoms with Gasteiger partial charge in [0.1, 0.15) is 18.1 Å². The third-order valence-electron chi connectivity index (χ3n) is 6.62. The zero-order chi connectivity index (χ0) is 30.0. The molecular formula is C30H33N5O7. The van der Waals surface area contributed by atoms with E-state index >= 15 is 0 Å². The van der Waals surface area contributed by atoms with Crippen LogP contribution in [0, 0.1) is 0 Å². The summed E-state index contributed by atoms with van der Waals surface area (Å²) in [5.41, 5.74) is 1.56. The number of anilines is 1. The number of nitrogens with zero attached hydrogens (tertiary/aromatic N) is 4. The van der Waals surface area contributed by atoms with E-state index in [9.17, 15) is 9.59 Å². The van der Waals surface area contributed by atoms with Gasteiger partial charge in [-0.2, -0.15) is 0 Å². The van der Waals surface area contributed by atoms with Crippen LogP contribution in [-0.4, -0.2) is 60.5 Å². The van der Waals surface area contributed by atoms with Crippen molar-refractivity contribution in [2.24, 2.45) is 0 Å². The van der Waals surface area contributed by atoms with Gasteiger partial charge in [0.2, 0.25) is 24.4 Å². The lowest BCUT2D eigenvalue weighted by Gasteiger charge is -2.34. The number of amides is 2. The number of carbonyl (C=O) groups excluding carboxylic acids is 2. The van der Waals surface area contributed by atoms with Crippen LogP contribution in [0.2, 0.25) is 0 Å². The highest BCUT2D eigenvalue weighted by molar-refractivity contribution is 6.02. The van der Waals surface area contributed by atoms with Crippen molar-refractivity contribution in [3.05, 3.63) is 60.2 Å². The third kappa shape index (κ3) is 5.60. The summed E-state index contributed by atoms with van der Waals surface area (Å²) >= 11 is 0. The van der Waals surface area contributed by atoms with Crippen LogP contribution >= 0.6 is 0 Å². The fourth-order valence-electron chi connectivity index (χ4n) is 4.83. The number of carbonyl (C=O) groups is 2. The fourth-order valence-corrected chi connectivity index (χ4v) is 4.83. The van der Waals surface area contributed by atoms with Gasteiger partial charge in [0, 0.05) is 17.3 Å². The van der Waals surface area contributed by atoms with Gasteiger partial charge in [0.25, 0.3) is 0 Å². The molecule has 0 fully saturated rings. The van der Waals surface area contributed by atoms with E-state index in [1.165, 1.54) is 30.9 Å². The first-order chi connectivity index (χ1) is 20.1. The number of nitrogens with one attached hydrogen (secondary N) is 1. The Kier molecular flexibility index (Phi) is 7.79. The molecule has 2 amide bonds. The Balaban J connectivity index is 1.69. The summed E-state index contributed by atoms with van der Waals surface area (Å²) in [6.45, 7) is 5.46. The number of ether oxygens (including phenoxy) is 5. The molecule has 220 valence electrons. The lowest BCUT2D eigenvalue weighted by molar-refractivity contribution is -0.128. The molecule has 1 aliphatic rings. The van der Waals surface area contributed by atoms with Crippen LogP contribution < -0.4 is 33.9 Å². The van der Waals surface area contributed by atoms with E-state index in [0.717, 1.165) is 0 Å². The summed E-state index contributed by atoms with van der Waals surface area (Å²) in [5.74, 6) is 1.17. The average Bonchev–Trinajstić information content (AvgIpc) is 3.60. The Morgan fingerprint density at radius 2 is 1.67 bits per heavy atom. The first kappa shape index (κ1) is 28.5. The standard InChI is InChI=1S/C30H33N5O7/c1-30(2,3)31-29(37)27(18-13-24(38-4)28(40-6)25(14-18)39-5)35(19-11-12-22-23(15-19)42-17-41-22)26(36)16-34-21-10-8-7-9-20(21)32-33-34/h7-15,27H,16-17H2,1-6H3,(H,31,37)/t27-/m0/s1. The summed E-state index contributed by atoms with van der Waals surface area (Å²) in [6, 6.07) is 14.6. The Bertz CT molecular complexity index is 1600. The molecule has 12 nitrogen and oxygen atoms in total. The van der Waals surface area contributed by atoms with Crippen LogP contribution in [0.5, 0.6) is 28.7 Å². The van der Waals surface area contributed by atoms with Crippen molar-refractivity contribution in [3.8, 4) is 28.7 Å². The molecule has 0 radical (unpaired) electrons. The zero-order valence-corrected chi connectivity index (χ0v) is 24.3. The zero-order valence-electron chi connectivity index (χ0n) is 24.3. The molecule has 42 heavy (non-hydrogen) atoms. The number of benzene rings is 3. The first-order valence-corrected chi connectivity index (χ1v) is 13.3. The molecule has 0 bridgehead atoms. The Morgan fingerprint density at radius 3 is 2.33 bits per heavy atom. The number of para-hydroxylation sites is 1. The van der Waals surface area contributed by atoms with Crippen molar-refractivity contribution in [1.82, 2.24) is 20.3 Å². The van der Waals surface area contributed by atoms with Gasteiger partial charge in [0.05, 0.1) is 26.8 Å². The van der Waals surface area contributed by atoms with E-state index in [1.807, 2.05) is 45.0 Å². The summed E-state index contributed by atoms with van der Waals surface area (Å²) in [4.78, 5) is 30.0. The summed E-state index contributed by atoms with van der Waals surface area (Å²) < 4.78 is 29.3. The van der Waals surface area contributed by atoms with Crippen LogP contribution in [0.4, 0.5) is 5.69 Å². The Morgan fingerprint density at radius 1 is 0.976 bits per heavy atom. The molecule has 2 heterocycles. The predicted octanol–water partition coefficient (Wildman–Crippen LogP) is 3.88. The number of rotatable bonds is 9. The van der Waals surface area contributed by atoms with Crippen molar-refractivity contribution in [2.45, 2.75) is 38.9 Å². The van der Waals surface area contributed by atoms with Crippen LogP contribution in [0.15, 0.2) is 54.6 Å². The fraction of sp³-hybridized carbons (Fsp3) is 0.333. The lowest BCUT2D eigenvalue weighted by Crippen LogP contribution is -2.50. The second kappa shape index (κ2) is 11.5. The van der Waals surface area contributed by atoms with Crippen molar-refractivity contribution < 1.29 is 33.3 Å². The van der Waals surface area contributed by atoms with Crippen molar-refractivity contribution in [1.29, 1.82) is 0 Å². The van der Waals surface area contributed by atoms with E-state index in [0.29, 0.717) is 51.0 Å². The van der Waals surface area contributed by atoms with Gasteiger partial charge in [-0.1, -0.05) is 17.3 Å². The van der Waals surface area contributed by atoms with E-state index in [1.54, 1.807) is 30.3 Å². The van der Waals surface area contributed by atoms with Crippen molar-refractivity contribution in [2.75, 3.05) is 33.0 Å². The van der Waals surface area contributed by atoms with Crippen LogP contribution in [-0.2, 0) is 16.1 Å². The van der Waals surface area contributed by atoms with Crippen molar-refractivity contribution in [3.63, 3.8) is 0 Å². The van der Waals surface area contributed by atoms with Gasteiger partial charge in [-0.25, -0.2) is 4.68 Å². The van der Waals surface area contributed by atoms with Crippen LogP contribution in [0.25, 0.3) is 11.0 Å². The minimum Gasteiger partial charge on any atom is -0.493 e. The molecule has 0 aliphatic carbocycles. The second-order valence-corrected chi connectivity index (χ2v) is 10.6. The molecule has 5 rings (SSSR count). The number of hydrogen-bond acceptors (Lipinski definition) is 9. The van der Waals surface area contributed by atoms with E-state index in [4.69, 9.17) is 23.7 Å². The van der Waals surface area contributed by atoms with Crippen molar-refractivity contribution >= 4 is 28.5 Å². The van der Waals surface area contributed by atoms with Gasteiger partial charge >= 0.3 is 0 Å². The predicted molar refractivity (Wildman–Crippen MR) is 154 cm³/mol. The van der Waals surface area contributed by atoms with Crippen LogP contribution in [0.1, 0.15) is 32.4 Å². The van der Waals surface area contributed by atoms with Gasteiger partial charge in [-0.3, -0.25) is 14.5 Å². The smallest absolute Gasteiger partial charge is 0.249 e. The lowest BCUT2D eigenvalue weighted by atomic mass is 9.99. The number of fused-ring (bicyclic) bond motifs is 2. The maximum atomic E-state index is 14.4. The maximum absolute atomic E-state index is 14.4. The number of methoxy groups -OCH3 is 3. The molecule has 1 atom stereocenters. The summed E-state index contributed by atoms with van der Waals surface area (Å²) in [5, 5.41) is 11.4. The molecule has 3 aromatic carbocycles. The highest BCUT2D eigenvalue weighted by Crippen LogP contribution is 2.43. The van der Waals surface area contributed by atoms with Crippen LogP contribution in [0.3, 0.4) is 0 Å². The average molecular weight is 576 g/mol. The minimum atomic E-state index is -1.17. The Hall–Kier alpha value is -5.00. The highest BCUT2D eigenvalue weighted by atomic mass is 16.7. The number of hydrogen-bond donors (Lipinski definition) is 1. The molecule has 1 aliphatic heterocycles. The maximum Gasteiger partial charge on any atom is 0.249 e. The molecule has 1 aromatic heterocycles. The molecular weight excluding hydrogens is 542 g/mol. The molecule has 0 spiro atoms.